The summed E-state index contributed by atoms with van der Waals surface area (Å²) < 4.78 is 0. The smallest absolute Gasteiger partial charge is 0.0522 e. The van der Waals surface area contributed by atoms with E-state index in [0.29, 0.717) is 0 Å². The predicted octanol–water partition coefficient (Wildman–Crippen LogP) is 3.42. The molecule has 1 heteroatoms. The Morgan fingerprint density at radius 1 is 1.13 bits per heavy atom. The molecule has 0 bridgehead atoms. The molecule has 0 amide bonds. The lowest BCUT2D eigenvalue weighted by Gasteiger charge is -2.32. The lowest BCUT2D eigenvalue weighted by Crippen LogP contribution is -2.39. The second kappa shape index (κ2) is 6.08. The molecule has 1 aliphatic heterocycles. The van der Waals surface area contributed by atoms with Crippen LogP contribution in [0.15, 0.2) is 61.2 Å². The standard InChI is InChI=1S/C22H25N/c1-5-22(3,6-2)20-14-10-9-13-19(20)21-18-12-8-7-11-17(18)15-16-23(21)4/h5,7-15H,1,6,16H2,2-4H3. The van der Waals surface area contributed by atoms with Crippen molar-refractivity contribution in [2.24, 2.45) is 0 Å². The molecule has 2 aromatic rings. The van der Waals surface area contributed by atoms with Gasteiger partial charge in [0.25, 0.3) is 0 Å². The normalized spacial score (nSPS) is 16.3. The number of hydrogen-bond acceptors (Lipinski definition) is 1. The highest BCUT2D eigenvalue weighted by molar-refractivity contribution is 5.70. The molecule has 118 valence electrons. The maximum absolute atomic E-state index is 4.10. The number of fused-ring (bicyclic) bond motifs is 1. The van der Waals surface area contributed by atoms with Crippen LogP contribution in [-0.4, -0.2) is 18.5 Å². The maximum Gasteiger partial charge on any atom is 0.0522 e. The van der Waals surface area contributed by atoms with Gasteiger partial charge < -0.3 is 4.90 Å². The van der Waals surface area contributed by atoms with Gasteiger partial charge in [-0.05, 0) is 17.2 Å². The molecule has 1 nitrogen and oxygen atoms in total. The molecule has 0 radical (unpaired) electrons. The first kappa shape index (κ1) is 15.6. The van der Waals surface area contributed by atoms with Crippen LogP contribution in [0.4, 0.5) is 0 Å². The van der Waals surface area contributed by atoms with E-state index in [-0.39, 0.29) is 5.41 Å². The van der Waals surface area contributed by atoms with Crippen LogP contribution in [0.1, 0.15) is 31.4 Å². The van der Waals surface area contributed by atoms with Crippen molar-refractivity contribution in [1.29, 1.82) is 0 Å². The van der Waals surface area contributed by atoms with Crippen LogP contribution in [0.25, 0.3) is 11.8 Å². The zero-order valence-electron chi connectivity index (χ0n) is 14.3. The Morgan fingerprint density at radius 3 is 2.57 bits per heavy atom. The van der Waals surface area contributed by atoms with Gasteiger partial charge in [-0.15, -0.1) is 6.58 Å². The fourth-order valence-electron chi connectivity index (χ4n) is 3.41. The highest BCUT2D eigenvalue weighted by Crippen LogP contribution is 2.34. The largest absolute Gasteiger partial charge is 0.370 e. The summed E-state index contributed by atoms with van der Waals surface area (Å²) in [6.45, 7) is 9.55. The van der Waals surface area contributed by atoms with E-state index in [0.717, 1.165) is 13.0 Å². The van der Waals surface area contributed by atoms with E-state index in [1.165, 1.54) is 27.3 Å². The summed E-state index contributed by atoms with van der Waals surface area (Å²) in [4.78, 5) is 2.35. The third-order valence-corrected chi connectivity index (χ3v) is 5.17. The van der Waals surface area contributed by atoms with Crippen LogP contribution in [0.3, 0.4) is 0 Å². The second-order valence-electron chi connectivity index (χ2n) is 6.54. The van der Waals surface area contributed by atoms with Crippen molar-refractivity contribution < 1.29 is 0 Å². The second-order valence-corrected chi connectivity index (χ2v) is 6.54. The molecule has 0 aromatic heterocycles. The molecular weight excluding hydrogens is 278 g/mol. The predicted molar refractivity (Wildman–Crippen MR) is 99.6 cm³/mol. The first-order valence-corrected chi connectivity index (χ1v) is 8.35. The first-order valence-electron chi connectivity index (χ1n) is 8.35. The van der Waals surface area contributed by atoms with E-state index in [4.69, 9.17) is 0 Å². The van der Waals surface area contributed by atoms with Gasteiger partial charge >= 0.3 is 0 Å². The lowest BCUT2D eigenvalue weighted by atomic mass is 9.77. The van der Waals surface area contributed by atoms with Crippen molar-refractivity contribution in [3.05, 3.63) is 82.8 Å². The summed E-state index contributed by atoms with van der Waals surface area (Å²) in [5.74, 6) is 0. The number of benzene rings is 2. The van der Waals surface area contributed by atoms with Gasteiger partial charge in [0.1, 0.15) is 0 Å². The molecule has 0 aliphatic carbocycles. The number of nitrogens with zero attached hydrogens (tertiary/aromatic N) is 1. The van der Waals surface area contributed by atoms with Gasteiger partial charge in [-0.3, -0.25) is 0 Å². The molecule has 3 rings (SSSR count). The van der Waals surface area contributed by atoms with Crippen molar-refractivity contribution >= 4 is 11.8 Å². The Kier molecular flexibility index (Phi) is 4.12. The average Bonchev–Trinajstić information content (AvgIpc) is 2.61. The van der Waals surface area contributed by atoms with Crippen LogP contribution in [-0.2, 0) is 5.41 Å². The van der Waals surface area contributed by atoms with Crippen LogP contribution in [0.2, 0.25) is 0 Å². The Morgan fingerprint density at radius 2 is 1.83 bits per heavy atom. The van der Waals surface area contributed by atoms with E-state index in [1.807, 2.05) is 0 Å². The summed E-state index contributed by atoms with van der Waals surface area (Å²) in [5.41, 5.74) is 3.98. The van der Waals surface area contributed by atoms with Crippen LogP contribution in [0, 0.1) is 0 Å². The summed E-state index contributed by atoms with van der Waals surface area (Å²) >= 11 is 0. The Bertz CT molecular complexity index is 846. The van der Waals surface area contributed by atoms with Gasteiger partial charge in [-0.25, -0.2) is 0 Å². The minimum absolute atomic E-state index is 0.0134. The van der Waals surface area contributed by atoms with Gasteiger partial charge in [-0.2, -0.15) is 0 Å². The van der Waals surface area contributed by atoms with Crippen molar-refractivity contribution in [3.8, 4) is 0 Å². The van der Waals surface area contributed by atoms with Crippen LogP contribution < -0.4 is 10.4 Å². The van der Waals surface area contributed by atoms with Crippen molar-refractivity contribution in [2.45, 2.75) is 25.7 Å². The molecule has 1 heterocycles. The van der Waals surface area contributed by atoms with Gasteiger partial charge in [0, 0.05) is 29.8 Å². The number of hydrogen-bond donors (Lipinski definition) is 0. The minimum Gasteiger partial charge on any atom is -0.370 e. The topological polar surface area (TPSA) is 3.24 Å². The van der Waals surface area contributed by atoms with E-state index < -0.39 is 0 Å². The third kappa shape index (κ3) is 2.61. The molecule has 1 atom stereocenters. The molecule has 1 unspecified atom stereocenters. The van der Waals surface area contributed by atoms with Crippen LogP contribution >= 0.6 is 0 Å². The molecular formula is C22H25N. The first-order chi connectivity index (χ1) is 11.1. The Hall–Kier alpha value is -2.28. The van der Waals surface area contributed by atoms with E-state index in [9.17, 15) is 0 Å². The molecule has 0 saturated carbocycles. The molecule has 23 heavy (non-hydrogen) atoms. The fourth-order valence-corrected chi connectivity index (χ4v) is 3.41. The molecule has 0 saturated heterocycles. The monoisotopic (exact) mass is 303 g/mol. The van der Waals surface area contributed by atoms with Gasteiger partial charge in [0.15, 0.2) is 0 Å². The molecule has 0 spiro atoms. The molecule has 2 aromatic carbocycles. The zero-order chi connectivity index (χ0) is 16.4. The summed E-state index contributed by atoms with van der Waals surface area (Å²) in [6.07, 6.45) is 5.43. The van der Waals surface area contributed by atoms with E-state index >= 15 is 0 Å². The summed E-state index contributed by atoms with van der Waals surface area (Å²) in [7, 11) is 2.18. The third-order valence-electron chi connectivity index (χ3n) is 5.17. The maximum atomic E-state index is 4.10. The Balaban J connectivity index is 2.36. The number of rotatable bonds is 4. The van der Waals surface area contributed by atoms with Crippen molar-refractivity contribution in [3.63, 3.8) is 0 Å². The highest BCUT2D eigenvalue weighted by Gasteiger charge is 2.26. The molecule has 0 N–H and O–H groups in total. The fraction of sp³-hybridized carbons (Fsp3) is 0.273. The Labute approximate surface area is 139 Å². The van der Waals surface area contributed by atoms with Gasteiger partial charge in [-0.1, -0.05) is 74.5 Å². The van der Waals surface area contributed by atoms with E-state index in [2.05, 4.69) is 93.1 Å². The summed E-state index contributed by atoms with van der Waals surface area (Å²) in [6, 6.07) is 17.5. The van der Waals surface area contributed by atoms with Crippen molar-refractivity contribution in [2.75, 3.05) is 13.6 Å². The highest BCUT2D eigenvalue weighted by atomic mass is 15.1. The van der Waals surface area contributed by atoms with Gasteiger partial charge in [0.2, 0.25) is 0 Å². The minimum atomic E-state index is -0.0134. The lowest BCUT2D eigenvalue weighted by molar-refractivity contribution is 0.530. The van der Waals surface area contributed by atoms with E-state index in [1.54, 1.807) is 0 Å². The summed E-state index contributed by atoms with van der Waals surface area (Å²) in [5, 5.41) is 2.64. The molecule has 1 aliphatic rings. The number of allylic oxidation sites excluding steroid dienone is 1. The van der Waals surface area contributed by atoms with Gasteiger partial charge in [0.05, 0.1) is 5.70 Å². The SMILES string of the molecule is C=CC(C)(CC)c1ccccc1C1=c2ccccc2=CCN1C. The van der Waals surface area contributed by atoms with Crippen LogP contribution in [0.5, 0.6) is 0 Å². The molecule has 0 fully saturated rings. The average molecular weight is 303 g/mol. The quantitative estimate of drug-likeness (QED) is 0.782. The van der Waals surface area contributed by atoms with Crippen molar-refractivity contribution in [1.82, 2.24) is 4.90 Å². The zero-order valence-corrected chi connectivity index (χ0v) is 14.3.